The Balaban J connectivity index is 1.83. The molecule has 0 saturated heterocycles. The summed E-state index contributed by atoms with van der Waals surface area (Å²) in [7, 11) is 3.43. The topological polar surface area (TPSA) is 67.8 Å². The largest absolute Gasteiger partial charge is 0.493 e. The third-order valence-corrected chi connectivity index (χ3v) is 4.54. The second-order valence-corrected chi connectivity index (χ2v) is 6.86. The molecule has 142 valence electrons. The highest BCUT2D eigenvalue weighted by Gasteiger charge is 2.06. The first kappa shape index (κ1) is 20.0. The molecule has 0 spiro atoms. The lowest BCUT2D eigenvalue weighted by Crippen LogP contribution is -2.37. The van der Waals surface area contributed by atoms with Crippen molar-refractivity contribution in [1.29, 1.82) is 0 Å². The highest BCUT2D eigenvalue weighted by molar-refractivity contribution is 7.09. The fourth-order valence-electron chi connectivity index (χ4n) is 2.39. The third-order valence-electron chi connectivity index (χ3n) is 3.71. The van der Waals surface area contributed by atoms with E-state index in [2.05, 4.69) is 32.9 Å². The lowest BCUT2D eigenvalue weighted by atomic mass is 10.2. The molecule has 2 rings (SSSR count). The minimum Gasteiger partial charge on any atom is -0.493 e. The van der Waals surface area contributed by atoms with Gasteiger partial charge < -0.3 is 20.1 Å². The number of hydrogen-bond acceptors (Lipinski definition) is 5. The molecule has 1 aromatic heterocycles. The predicted molar refractivity (Wildman–Crippen MR) is 108 cm³/mol. The van der Waals surface area contributed by atoms with Crippen LogP contribution in [0.2, 0.25) is 0 Å². The van der Waals surface area contributed by atoms with Crippen molar-refractivity contribution in [2.24, 2.45) is 4.99 Å². The highest BCUT2D eigenvalue weighted by Crippen LogP contribution is 2.28. The number of thiazole rings is 1. The molecular formula is C19H28N4O2S. The molecule has 1 heterocycles. The fourth-order valence-corrected chi connectivity index (χ4v) is 3.04. The first-order valence-electron chi connectivity index (χ1n) is 8.81. The lowest BCUT2D eigenvalue weighted by Gasteiger charge is -2.14. The monoisotopic (exact) mass is 376 g/mol. The summed E-state index contributed by atoms with van der Waals surface area (Å²) >= 11 is 1.68. The van der Waals surface area contributed by atoms with Gasteiger partial charge in [0.1, 0.15) is 0 Å². The standard InChI is InChI=1S/C19H28N4O2S/c1-5-10-25-17-7-6-15(11-18(17)24-4)12-22-19(20-3)21-9-8-16-13-26-14(2)23-16/h6-7,11,13H,5,8-10,12H2,1-4H3,(H2,20,21,22). The van der Waals surface area contributed by atoms with Crippen LogP contribution in [0.15, 0.2) is 28.6 Å². The molecule has 2 aromatic rings. The minimum atomic E-state index is 0.653. The van der Waals surface area contributed by atoms with Crippen LogP contribution in [0.4, 0.5) is 0 Å². The van der Waals surface area contributed by atoms with Crippen molar-refractivity contribution in [3.05, 3.63) is 39.8 Å². The summed E-state index contributed by atoms with van der Waals surface area (Å²) in [6.07, 6.45) is 1.84. The Hall–Kier alpha value is -2.28. The predicted octanol–water partition coefficient (Wildman–Crippen LogP) is 3.16. The van der Waals surface area contributed by atoms with Crippen LogP contribution in [0.25, 0.3) is 0 Å². The van der Waals surface area contributed by atoms with Gasteiger partial charge in [0, 0.05) is 31.9 Å². The van der Waals surface area contributed by atoms with Gasteiger partial charge in [0.15, 0.2) is 17.5 Å². The maximum absolute atomic E-state index is 5.69. The maximum atomic E-state index is 5.69. The number of rotatable bonds is 9. The smallest absolute Gasteiger partial charge is 0.191 e. The normalized spacial score (nSPS) is 11.3. The zero-order chi connectivity index (χ0) is 18.8. The van der Waals surface area contributed by atoms with Crippen LogP contribution < -0.4 is 20.1 Å². The van der Waals surface area contributed by atoms with Crippen molar-refractivity contribution in [3.8, 4) is 11.5 Å². The minimum absolute atomic E-state index is 0.653. The molecule has 1 aromatic carbocycles. The summed E-state index contributed by atoms with van der Waals surface area (Å²) in [6.45, 7) is 6.23. The Morgan fingerprint density at radius 1 is 1.27 bits per heavy atom. The molecule has 0 fully saturated rings. The molecule has 2 N–H and O–H groups in total. The van der Waals surface area contributed by atoms with Crippen molar-refractivity contribution in [2.75, 3.05) is 27.3 Å². The van der Waals surface area contributed by atoms with Gasteiger partial charge >= 0.3 is 0 Å². The van der Waals surface area contributed by atoms with Crippen molar-refractivity contribution < 1.29 is 9.47 Å². The first-order chi connectivity index (χ1) is 12.7. The zero-order valence-corrected chi connectivity index (χ0v) is 16.8. The summed E-state index contributed by atoms with van der Waals surface area (Å²) in [5, 5.41) is 9.83. The van der Waals surface area contributed by atoms with E-state index in [4.69, 9.17) is 9.47 Å². The van der Waals surface area contributed by atoms with E-state index in [0.29, 0.717) is 13.2 Å². The van der Waals surface area contributed by atoms with E-state index in [-0.39, 0.29) is 0 Å². The summed E-state index contributed by atoms with van der Waals surface area (Å²) in [6, 6.07) is 5.97. The summed E-state index contributed by atoms with van der Waals surface area (Å²) < 4.78 is 11.1. The van der Waals surface area contributed by atoms with Gasteiger partial charge in [-0.05, 0) is 31.0 Å². The number of methoxy groups -OCH3 is 1. The van der Waals surface area contributed by atoms with Crippen molar-refractivity contribution in [3.63, 3.8) is 0 Å². The maximum Gasteiger partial charge on any atom is 0.191 e. The number of guanidine groups is 1. The van der Waals surface area contributed by atoms with Crippen molar-refractivity contribution in [2.45, 2.75) is 33.2 Å². The highest BCUT2D eigenvalue weighted by atomic mass is 32.1. The first-order valence-corrected chi connectivity index (χ1v) is 9.69. The molecule has 0 amide bonds. The average molecular weight is 377 g/mol. The lowest BCUT2D eigenvalue weighted by molar-refractivity contribution is 0.294. The molecule has 7 heteroatoms. The van der Waals surface area contributed by atoms with Gasteiger partial charge in [0.05, 0.1) is 24.4 Å². The summed E-state index contributed by atoms with van der Waals surface area (Å²) in [4.78, 5) is 8.73. The van der Waals surface area contributed by atoms with E-state index in [1.54, 1.807) is 25.5 Å². The number of hydrogen-bond donors (Lipinski definition) is 2. The van der Waals surface area contributed by atoms with Gasteiger partial charge in [-0.25, -0.2) is 4.98 Å². The average Bonchev–Trinajstić information content (AvgIpc) is 3.08. The molecule has 0 bridgehead atoms. The second-order valence-electron chi connectivity index (χ2n) is 5.79. The van der Waals surface area contributed by atoms with Gasteiger partial charge in [-0.2, -0.15) is 0 Å². The van der Waals surface area contributed by atoms with Crippen LogP contribution in [-0.2, 0) is 13.0 Å². The van der Waals surface area contributed by atoms with E-state index in [0.717, 1.165) is 53.1 Å². The quantitative estimate of drug-likeness (QED) is 0.520. The van der Waals surface area contributed by atoms with Crippen LogP contribution in [-0.4, -0.2) is 38.3 Å². The van der Waals surface area contributed by atoms with Gasteiger partial charge in [0.25, 0.3) is 0 Å². The van der Waals surface area contributed by atoms with Gasteiger partial charge in [-0.15, -0.1) is 11.3 Å². The molecule has 0 unspecified atom stereocenters. The molecule has 0 atom stereocenters. The van der Waals surface area contributed by atoms with Crippen LogP contribution in [0.1, 0.15) is 29.6 Å². The number of aryl methyl sites for hydroxylation is 1. The van der Waals surface area contributed by atoms with Crippen molar-refractivity contribution in [1.82, 2.24) is 15.6 Å². The number of nitrogens with zero attached hydrogens (tertiary/aromatic N) is 2. The molecular weight excluding hydrogens is 348 g/mol. The summed E-state index contributed by atoms with van der Waals surface area (Å²) in [5.74, 6) is 2.29. The van der Waals surface area contributed by atoms with Crippen LogP contribution in [0, 0.1) is 6.92 Å². The third kappa shape index (κ3) is 6.22. The van der Waals surface area contributed by atoms with E-state index in [1.807, 2.05) is 25.1 Å². The number of benzene rings is 1. The number of ether oxygens (including phenoxy) is 2. The van der Waals surface area contributed by atoms with Crippen molar-refractivity contribution >= 4 is 17.3 Å². The Morgan fingerprint density at radius 2 is 2.12 bits per heavy atom. The number of nitrogens with one attached hydrogen (secondary N) is 2. The molecule has 0 radical (unpaired) electrons. The molecule has 26 heavy (non-hydrogen) atoms. The molecule has 0 aliphatic heterocycles. The molecule has 0 aliphatic carbocycles. The van der Waals surface area contributed by atoms with E-state index in [9.17, 15) is 0 Å². The van der Waals surface area contributed by atoms with Gasteiger partial charge in [-0.3, -0.25) is 4.99 Å². The van der Waals surface area contributed by atoms with Crippen LogP contribution in [0.3, 0.4) is 0 Å². The number of aromatic nitrogens is 1. The Morgan fingerprint density at radius 3 is 2.77 bits per heavy atom. The van der Waals surface area contributed by atoms with E-state index in [1.165, 1.54) is 0 Å². The van der Waals surface area contributed by atoms with Crippen LogP contribution >= 0.6 is 11.3 Å². The molecule has 6 nitrogen and oxygen atoms in total. The van der Waals surface area contributed by atoms with Gasteiger partial charge in [0.2, 0.25) is 0 Å². The van der Waals surface area contributed by atoms with E-state index >= 15 is 0 Å². The zero-order valence-electron chi connectivity index (χ0n) is 16.0. The fraction of sp³-hybridized carbons (Fsp3) is 0.474. The molecule has 0 saturated carbocycles. The Labute approximate surface area is 159 Å². The van der Waals surface area contributed by atoms with Gasteiger partial charge in [-0.1, -0.05) is 13.0 Å². The Bertz CT molecular complexity index is 715. The number of aliphatic imine (C=N–C) groups is 1. The van der Waals surface area contributed by atoms with Crippen LogP contribution in [0.5, 0.6) is 11.5 Å². The molecule has 0 aliphatic rings. The Kier molecular flexibility index (Phi) is 8.21. The SMILES string of the molecule is CCCOc1ccc(CNC(=NC)NCCc2csc(C)n2)cc1OC. The summed E-state index contributed by atoms with van der Waals surface area (Å²) in [5.41, 5.74) is 2.21. The van der Waals surface area contributed by atoms with E-state index < -0.39 is 0 Å². The second kappa shape index (κ2) is 10.7.